The lowest BCUT2D eigenvalue weighted by Crippen LogP contribution is -2.34. The van der Waals surface area contributed by atoms with Gasteiger partial charge in [-0.3, -0.25) is 0 Å². The van der Waals surface area contributed by atoms with Gasteiger partial charge in [0, 0.05) is 6.04 Å². The molecule has 0 saturated heterocycles. The van der Waals surface area contributed by atoms with Crippen molar-refractivity contribution in [3.63, 3.8) is 0 Å². The molecule has 0 bridgehead atoms. The fourth-order valence-electron chi connectivity index (χ4n) is 1.54. The summed E-state index contributed by atoms with van der Waals surface area (Å²) in [5.74, 6) is 1.03. The van der Waals surface area contributed by atoms with Crippen LogP contribution in [0.5, 0.6) is 0 Å². The van der Waals surface area contributed by atoms with Crippen molar-refractivity contribution >= 4 is 10.0 Å². The Balaban J connectivity index is 2.28. The van der Waals surface area contributed by atoms with Gasteiger partial charge in [0.1, 0.15) is 0 Å². The molecule has 4 heteroatoms. The van der Waals surface area contributed by atoms with E-state index in [9.17, 15) is 8.42 Å². The number of hydrogen-bond acceptors (Lipinski definition) is 2. The normalized spacial score (nSPS) is 20.2. The Bertz CT molecular complexity index is 244. The Labute approximate surface area is 81.0 Å². The van der Waals surface area contributed by atoms with E-state index in [-0.39, 0.29) is 11.8 Å². The van der Waals surface area contributed by atoms with Crippen LogP contribution in [0, 0.1) is 5.92 Å². The quantitative estimate of drug-likeness (QED) is 0.714. The van der Waals surface area contributed by atoms with Gasteiger partial charge < -0.3 is 0 Å². The molecule has 3 nitrogen and oxygen atoms in total. The summed E-state index contributed by atoms with van der Waals surface area (Å²) >= 11 is 0. The standard InChI is InChI=1S/C9H19NO2S/c1-3-6-13(11,12)10-8(2)7-9-4-5-9/h8-10H,3-7H2,1-2H3. The first-order valence-corrected chi connectivity index (χ1v) is 6.68. The lowest BCUT2D eigenvalue weighted by molar-refractivity contribution is 0.529. The maximum Gasteiger partial charge on any atom is 0.211 e. The zero-order valence-corrected chi connectivity index (χ0v) is 9.23. The first-order chi connectivity index (χ1) is 6.03. The summed E-state index contributed by atoms with van der Waals surface area (Å²) in [6, 6.07) is 0.115. The van der Waals surface area contributed by atoms with Crippen molar-refractivity contribution in [2.45, 2.75) is 45.6 Å². The molecule has 0 spiro atoms. The monoisotopic (exact) mass is 205 g/mol. The van der Waals surface area contributed by atoms with E-state index >= 15 is 0 Å². The van der Waals surface area contributed by atoms with Crippen molar-refractivity contribution in [1.29, 1.82) is 0 Å². The Hall–Kier alpha value is -0.0900. The van der Waals surface area contributed by atoms with Gasteiger partial charge in [0.15, 0.2) is 0 Å². The summed E-state index contributed by atoms with van der Waals surface area (Å²) in [4.78, 5) is 0. The topological polar surface area (TPSA) is 46.2 Å². The molecule has 1 aliphatic rings. The summed E-state index contributed by atoms with van der Waals surface area (Å²) in [5, 5.41) is 0. The zero-order chi connectivity index (χ0) is 9.90. The van der Waals surface area contributed by atoms with E-state index in [0.717, 1.165) is 12.3 Å². The predicted molar refractivity (Wildman–Crippen MR) is 54.0 cm³/mol. The third-order valence-corrected chi connectivity index (χ3v) is 3.94. The fraction of sp³-hybridized carbons (Fsp3) is 1.00. The predicted octanol–water partition coefficient (Wildman–Crippen LogP) is 1.50. The molecule has 1 N–H and O–H groups in total. The van der Waals surface area contributed by atoms with E-state index in [1.165, 1.54) is 12.8 Å². The molecule has 0 aromatic carbocycles. The first-order valence-electron chi connectivity index (χ1n) is 5.03. The second-order valence-electron chi connectivity index (χ2n) is 4.02. The maximum absolute atomic E-state index is 11.3. The second-order valence-corrected chi connectivity index (χ2v) is 5.89. The fourth-order valence-corrected chi connectivity index (χ4v) is 2.90. The van der Waals surface area contributed by atoms with E-state index in [2.05, 4.69) is 4.72 Å². The van der Waals surface area contributed by atoms with Gasteiger partial charge in [0.2, 0.25) is 10.0 Å². The Morgan fingerprint density at radius 1 is 1.46 bits per heavy atom. The van der Waals surface area contributed by atoms with Crippen LogP contribution in [0.3, 0.4) is 0 Å². The van der Waals surface area contributed by atoms with Crippen molar-refractivity contribution in [2.75, 3.05) is 5.75 Å². The maximum atomic E-state index is 11.3. The number of hydrogen-bond donors (Lipinski definition) is 1. The summed E-state index contributed by atoms with van der Waals surface area (Å²) in [7, 11) is -3.00. The third kappa shape index (κ3) is 4.62. The van der Waals surface area contributed by atoms with Crippen molar-refractivity contribution in [3.8, 4) is 0 Å². The lowest BCUT2D eigenvalue weighted by Gasteiger charge is -2.12. The Kier molecular flexibility index (Phi) is 3.74. The van der Waals surface area contributed by atoms with Crippen LogP contribution in [0.4, 0.5) is 0 Å². The molecule has 1 saturated carbocycles. The third-order valence-electron chi connectivity index (χ3n) is 2.24. The van der Waals surface area contributed by atoms with Gasteiger partial charge in [-0.15, -0.1) is 0 Å². The molecule has 0 aromatic rings. The molecule has 13 heavy (non-hydrogen) atoms. The van der Waals surface area contributed by atoms with Crippen LogP contribution >= 0.6 is 0 Å². The molecule has 78 valence electrons. The van der Waals surface area contributed by atoms with Gasteiger partial charge in [-0.1, -0.05) is 19.8 Å². The van der Waals surface area contributed by atoms with Crippen LogP contribution < -0.4 is 4.72 Å². The number of rotatable bonds is 6. The lowest BCUT2D eigenvalue weighted by atomic mass is 10.2. The van der Waals surface area contributed by atoms with Crippen molar-refractivity contribution in [3.05, 3.63) is 0 Å². The molecule has 1 unspecified atom stereocenters. The van der Waals surface area contributed by atoms with Crippen LogP contribution in [-0.4, -0.2) is 20.2 Å². The molecule has 0 amide bonds. The van der Waals surface area contributed by atoms with Gasteiger partial charge in [-0.2, -0.15) is 0 Å². The van der Waals surface area contributed by atoms with Gasteiger partial charge in [0.05, 0.1) is 5.75 Å². The SMILES string of the molecule is CCCS(=O)(=O)NC(C)CC1CC1. The van der Waals surface area contributed by atoms with Crippen molar-refractivity contribution in [2.24, 2.45) is 5.92 Å². The Morgan fingerprint density at radius 3 is 2.54 bits per heavy atom. The molecule has 0 aliphatic heterocycles. The van der Waals surface area contributed by atoms with Gasteiger partial charge in [-0.25, -0.2) is 13.1 Å². The van der Waals surface area contributed by atoms with Gasteiger partial charge in [0.25, 0.3) is 0 Å². The highest BCUT2D eigenvalue weighted by Gasteiger charge is 2.25. The number of sulfonamides is 1. The minimum absolute atomic E-state index is 0.115. The molecule has 1 aliphatic carbocycles. The first kappa shape index (κ1) is 11.0. The van der Waals surface area contributed by atoms with E-state index in [1.54, 1.807) is 0 Å². The Morgan fingerprint density at radius 2 is 2.08 bits per heavy atom. The van der Waals surface area contributed by atoms with E-state index in [1.807, 2.05) is 13.8 Å². The average Bonchev–Trinajstić information content (AvgIpc) is 2.68. The van der Waals surface area contributed by atoms with E-state index in [0.29, 0.717) is 6.42 Å². The molecule has 1 fully saturated rings. The minimum Gasteiger partial charge on any atom is -0.212 e. The molecule has 0 aromatic heterocycles. The summed E-state index contributed by atoms with van der Waals surface area (Å²) in [5.41, 5.74) is 0. The minimum atomic E-state index is -3.00. The number of nitrogens with one attached hydrogen (secondary N) is 1. The molecule has 1 atom stereocenters. The highest BCUT2D eigenvalue weighted by Crippen LogP contribution is 2.33. The largest absolute Gasteiger partial charge is 0.212 e. The van der Waals surface area contributed by atoms with Crippen molar-refractivity contribution < 1.29 is 8.42 Å². The van der Waals surface area contributed by atoms with Gasteiger partial charge in [-0.05, 0) is 25.7 Å². The second kappa shape index (κ2) is 4.42. The summed E-state index contributed by atoms with van der Waals surface area (Å²) in [6.45, 7) is 3.83. The molecule has 0 heterocycles. The summed E-state index contributed by atoms with van der Waals surface area (Å²) < 4.78 is 25.4. The molecule has 0 radical (unpaired) electrons. The zero-order valence-electron chi connectivity index (χ0n) is 8.41. The van der Waals surface area contributed by atoms with Crippen LogP contribution in [0.1, 0.15) is 39.5 Å². The molecular weight excluding hydrogens is 186 g/mol. The summed E-state index contributed by atoms with van der Waals surface area (Å²) in [6.07, 6.45) is 4.24. The molecular formula is C9H19NO2S. The highest BCUT2D eigenvalue weighted by atomic mass is 32.2. The van der Waals surface area contributed by atoms with E-state index in [4.69, 9.17) is 0 Å². The van der Waals surface area contributed by atoms with Gasteiger partial charge >= 0.3 is 0 Å². The van der Waals surface area contributed by atoms with Crippen molar-refractivity contribution in [1.82, 2.24) is 4.72 Å². The molecule has 1 rings (SSSR count). The highest BCUT2D eigenvalue weighted by molar-refractivity contribution is 7.89. The smallest absolute Gasteiger partial charge is 0.211 e. The van der Waals surface area contributed by atoms with Crippen LogP contribution in [-0.2, 0) is 10.0 Å². The van der Waals surface area contributed by atoms with Crippen LogP contribution in [0.15, 0.2) is 0 Å². The average molecular weight is 205 g/mol. The van der Waals surface area contributed by atoms with Crippen LogP contribution in [0.25, 0.3) is 0 Å². The van der Waals surface area contributed by atoms with Crippen LogP contribution in [0.2, 0.25) is 0 Å². The van der Waals surface area contributed by atoms with E-state index < -0.39 is 10.0 Å².